The Morgan fingerprint density at radius 3 is 2.59 bits per heavy atom. The Hall–Kier alpha value is -3.80. The van der Waals surface area contributed by atoms with Gasteiger partial charge in [-0.25, -0.2) is 0 Å². The predicted octanol–water partition coefficient (Wildman–Crippen LogP) is 4.77. The van der Waals surface area contributed by atoms with Crippen molar-refractivity contribution in [2.75, 3.05) is 12.4 Å². The van der Waals surface area contributed by atoms with Crippen LogP contribution in [0.2, 0.25) is 0 Å². The summed E-state index contributed by atoms with van der Waals surface area (Å²) in [5.74, 6) is 1.38. The first-order valence-corrected chi connectivity index (χ1v) is 9.30. The van der Waals surface area contributed by atoms with Crippen LogP contribution in [0.3, 0.4) is 0 Å². The number of nitrogens with one attached hydrogen (secondary N) is 1. The van der Waals surface area contributed by atoms with Crippen LogP contribution in [-0.4, -0.2) is 22.7 Å². The van der Waals surface area contributed by atoms with Crippen molar-refractivity contribution >= 4 is 11.6 Å². The van der Waals surface area contributed by atoms with E-state index in [1.807, 2.05) is 77.6 Å². The zero-order valence-electron chi connectivity index (χ0n) is 16.0. The predicted molar refractivity (Wildman–Crippen MR) is 111 cm³/mol. The van der Waals surface area contributed by atoms with E-state index in [0.29, 0.717) is 12.2 Å². The number of carbonyl (C=O) groups excluding carboxylic acids is 1. The van der Waals surface area contributed by atoms with Gasteiger partial charge in [-0.2, -0.15) is 0 Å². The van der Waals surface area contributed by atoms with Gasteiger partial charge in [-0.15, -0.1) is 0 Å². The molecule has 0 unspecified atom stereocenters. The van der Waals surface area contributed by atoms with E-state index in [9.17, 15) is 4.79 Å². The molecule has 2 aromatic heterocycles. The highest BCUT2D eigenvalue weighted by Gasteiger charge is 2.18. The molecule has 6 heteroatoms. The normalized spacial score (nSPS) is 11.8. The zero-order chi connectivity index (χ0) is 20.1. The van der Waals surface area contributed by atoms with E-state index in [4.69, 9.17) is 9.26 Å². The molecule has 1 N–H and O–H groups in total. The van der Waals surface area contributed by atoms with Crippen molar-refractivity contribution in [3.05, 3.63) is 90.9 Å². The Morgan fingerprint density at radius 2 is 1.90 bits per heavy atom. The lowest BCUT2D eigenvalue weighted by Gasteiger charge is -2.20. The second-order valence-corrected chi connectivity index (χ2v) is 6.63. The van der Waals surface area contributed by atoms with Gasteiger partial charge in [-0.3, -0.25) is 4.79 Å². The monoisotopic (exact) mass is 387 g/mol. The summed E-state index contributed by atoms with van der Waals surface area (Å²) < 4.78 is 12.5. The van der Waals surface area contributed by atoms with E-state index in [1.54, 1.807) is 19.4 Å². The fourth-order valence-corrected chi connectivity index (χ4v) is 3.27. The molecule has 0 aliphatic heterocycles. The summed E-state index contributed by atoms with van der Waals surface area (Å²) in [5.41, 5.74) is 2.65. The molecule has 2 heterocycles. The molecule has 0 aliphatic carbocycles. The maximum atomic E-state index is 12.8. The number of methoxy groups -OCH3 is 1. The standard InChI is InChI=1S/C23H21N3O3/c1-28-20-6-4-5-18(15-20)21(26-13-2-3-14-26)16-23(27)25-19-9-7-17(8-10-19)22-11-12-24-29-22/h2-15,21H,16H2,1H3,(H,25,27)/t21-/m1/s1. The lowest BCUT2D eigenvalue weighted by Crippen LogP contribution is -2.19. The van der Waals surface area contributed by atoms with Crippen LogP contribution in [0.1, 0.15) is 18.0 Å². The van der Waals surface area contributed by atoms with Crippen molar-refractivity contribution < 1.29 is 14.1 Å². The van der Waals surface area contributed by atoms with Gasteiger partial charge >= 0.3 is 0 Å². The van der Waals surface area contributed by atoms with Crippen LogP contribution in [0.4, 0.5) is 5.69 Å². The molecule has 6 nitrogen and oxygen atoms in total. The molecule has 1 amide bonds. The van der Waals surface area contributed by atoms with Crippen molar-refractivity contribution in [2.45, 2.75) is 12.5 Å². The third-order valence-electron chi connectivity index (χ3n) is 4.74. The summed E-state index contributed by atoms with van der Waals surface area (Å²) in [4.78, 5) is 12.8. The number of amides is 1. The third-order valence-corrected chi connectivity index (χ3v) is 4.74. The molecule has 0 spiro atoms. The highest BCUT2D eigenvalue weighted by Crippen LogP contribution is 2.27. The number of carbonyl (C=O) groups is 1. The number of anilines is 1. The number of benzene rings is 2. The molecule has 0 aliphatic rings. The van der Waals surface area contributed by atoms with Crippen LogP contribution in [0.15, 0.2) is 89.8 Å². The molecule has 4 rings (SSSR count). The van der Waals surface area contributed by atoms with Gasteiger partial charge in [0.2, 0.25) is 5.91 Å². The van der Waals surface area contributed by atoms with Gasteiger partial charge in [0.1, 0.15) is 5.75 Å². The van der Waals surface area contributed by atoms with Crippen molar-refractivity contribution in [3.63, 3.8) is 0 Å². The topological polar surface area (TPSA) is 69.3 Å². The molecule has 0 bridgehead atoms. The minimum Gasteiger partial charge on any atom is -0.497 e. The van der Waals surface area contributed by atoms with Crippen LogP contribution in [0.25, 0.3) is 11.3 Å². The average molecular weight is 387 g/mol. The summed E-state index contributed by atoms with van der Waals surface area (Å²) in [5, 5.41) is 6.69. The Morgan fingerprint density at radius 1 is 1.10 bits per heavy atom. The van der Waals surface area contributed by atoms with Gasteiger partial charge in [-0.1, -0.05) is 17.3 Å². The molecule has 2 aromatic carbocycles. The van der Waals surface area contributed by atoms with Gasteiger partial charge in [0.05, 0.1) is 25.8 Å². The van der Waals surface area contributed by atoms with Gasteiger partial charge in [0, 0.05) is 29.7 Å². The number of hydrogen-bond donors (Lipinski definition) is 1. The fraction of sp³-hybridized carbons (Fsp3) is 0.130. The van der Waals surface area contributed by atoms with Gasteiger partial charge in [0.15, 0.2) is 5.76 Å². The molecule has 0 fully saturated rings. The minimum absolute atomic E-state index is 0.0704. The second-order valence-electron chi connectivity index (χ2n) is 6.63. The Bertz CT molecular complexity index is 1060. The first kappa shape index (κ1) is 18.6. The third kappa shape index (κ3) is 4.38. The van der Waals surface area contributed by atoms with E-state index in [-0.39, 0.29) is 11.9 Å². The largest absolute Gasteiger partial charge is 0.497 e. The molecular weight excluding hydrogens is 366 g/mol. The van der Waals surface area contributed by atoms with Crippen molar-refractivity contribution in [3.8, 4) is 17.1 Å². The molecule has 0 radical (unpaired) electrons. The van der Waals surface area contributed by atoms with E-state index < -0.39 is 0 Å². The number of ether oxygens (including phenoxy) is 1. The summed E-state index contributed by atoms with van der Waals surface area (Å²) in [6.07, 6.45) is 5.82. The Kier molecular flexibility index (Phi) is 5.42. The van der Waals surface area contributed by atoms with Crippen molar-refractivity contribution in [1.82, 2.24) is 9.72 Å². The molecule has 29 heavy (non-hydrogen) atoms. The molecule has 146 valence electrons. The molecular formula is C23H21N3O3. The summed E-state index contributed by atoms with van der Waals surface area (Å²) in [6, 6.07) is 20.9. The summed E-state index contributed by atoms with van der Waals surface area (Å²) in [6.45, 7) is 0. The van der Waals surface area contributed by atoms with Gasteiger partial charge in [-0.05, 0) is 54.1 Å². The Labute approximate surface area is 168 Å². The SMILES string of the molecule is COc1cccc([C@@H](CC(=O)Nc2ccc(-c3ccno3)cc2)n2cccc2)c1. The summed E-state index contributed by atoms with van der Waals surface area (Å²) >= 11 is 0. The first-order valence-electron chi connectivity index (χ1n) is 9.30. The maximum absolute atomic E-state index is 12.8. The smallest absolute Gasteiger partial charge is 0.226 e. The number of aromatic nitrogens is 2. The van der Waals surface area contributed by atoms with Crippen LogP contribution in [0, 0.1) is 0 Å². The second kappa shape index (κ2) is 8.48. The quantitative estimate of drug-likeness (QED) is 0.496. The maximum Gasteiger partial charge on any atom is 0.226 e. The first-order chi connectivity index (χ1) is 14.2. The van der Waals surface area contributed by atoms with E-state index in [1.165, 1.54) is 0 Å². The van der Waals surface area contributed by atoms with Crippen LogP contribution < -0.4 is 10.1 Å². The lowest BCUT2D eigenvalue weighted by atomic mass is 10.0. The van der Waals surface area contributed by atoms with Crippen LogP contribution >= 0.6 is 0 Å². The van der Waals surface area contributed by atoms with Gasteiger partial charge in [0.25, 0.3) is 0 Å². The molecule has 0 saturated carbocycles. The lowest BCUT2D eigenvalue weighted by molar-refractivity contribution is -0.116. The minimum atomic E-state index is -0.131. The highest BCUT2D eigenvalue weighted by atomic mass is 16.5. The molecule has 0 saturated heterocycles. The average Bonchev–Trinajstić information content (AvgIpc) is 3.47. The Balaban J connectivity index is 1.49. The van der Waals surface area contributed by atoms with Crippen molar-refractivity contribution in [1.29, 1.82) is 0 Å². The van der Waals surface area contributed by atoms with Crippen LogP contribution in [0.5, 0.6) is 5.75 Å². The number of hydrogen-bond acceptors (Lipinski definition) is 4. The number of nitrogens with zero attached hydrogens (tertiary/aromatic N) is 2. The number of rotatable bonds is 7. The van der Waals surface area contributed by atoms with E-state index in [2.05, 4.69) is 10.5 Å². The molecule has 1 atom stereocenters. The molecule has 4 aromatic rings. The van der Waals surface area contributed by atoms with Crippen molar-refractivity contribution in [2.24, 2.45) is 0 Å². The zero-order valence-corrected chi connectivity index (χ0v) is 16.0. The fourth-order valence-electron chi connectivity index (χ4n) is 3.27. The van der Waals surface area contributed by atoms with Gasteiger partial charge < -0.3 is 19.1 Å². The van der Waals surface area contributed by atoms with E-state index >= 15 is 0 Å². The summed E-state index contributed by atoms with van der Waals surface area (Å²) in [7, 11) is 1.64. The van der Waals surface area contributed by atoms with Crippen LogP contribution in [-0.2, 0) is 4.79 Å². The van der Waals surface area contributed by atoms with E-state index in [0.717, 1.165) is 22.6 Å². The highest BCUT2D eigenvalue weighted by molar-refractivity contribution is 5.91.